The molecule has 1 aliphatic heterocycles. The third-order valence-electron chi connectivity index (χ3n) is 3.85. The highest BCUT2D eigenvalue weighted by atomic mass is 16.5. The van der Waals surface area contributed by atoms with Crippen LogP contribution in [-0.4, -0.2) is 27.6 Å². The van der Waals surface area contributed by atoms with Crippen molar-refractivity contribution in [2.75, 3.05) is 11.5 Å². The first-order valence-corrected chi connectivity index (χ1v) is 10.8. The minimum Gasteiger partial charge on any atom is -0.475 e. The van der Waals surface area contributed by atoms with Gasteiger partial charge in [0.1, 0.15) is 23.6 Å². The summed E-state index contributed by atoms with van der Waals surface area (Å²) < 4.78 is 6.02. The lowest BCUT2D eigenvalue weighted by Crippen LogP contribution is -2.35. The molecule has 0 radical (unpaired) electrons. The molecule has 1 unspecified atom stereocenters. The van der Waals surface area contributed by atoms with Gasteiger partial charge in [0.2, 0.25) is 5.88 Å². The topological polar surface area (TPSA) is 51.1 Å². The van der Waals surface area contributed by atoms with Crippen molar-refractivity contribution in [1.82, 2.24) is 15.0 Å². The predicted octanol–water partition coefficient (Wildman–Crippen LogP) is 6.62. The number of ether oxygens (including phenoxy) is 1. The molecule has 0 amide bonds. The zero-order valence-corrected chi connectivity index (χ0v) is 19.6. The molecule has 3 rings (SSSR count). The Bertz CT molecular complexity index is 723. The van der Waals surface area contributed by atoms with Gasteiger partial charge < -0.3 is 9.64 Å². The fourth-order valence-electron chi connectivity index (χ4n) is 2.96. The Kier molecular flexibility index (Phi) is 12.8. The van der Waals surface area contributed by atoms with Crippen LogP contribution in [0.3, 0.4) is 0 Å². The summed E-state index contributed by atoms with van der Waals surface area (Å²) in [5.41, 5.74) is 1.81. The minimum atomic E-state index is 0.258. The molecule has 3 heterocycles. The van der Waals surface area contributed by atoms with Crippen LogP contribution < -0.4 is 9.64 Å². The Morgan fingerprint density at radius 3 is 2.29 bits per heavy atom. The van der Waals surface area contributed by atoms with Crippen molar-refractivity contribution in [2.24, 2.45) is 0 Å². The number of aryl methyl sites for hydroxylation is 2. The summed E-state index contributed by atoms with van der Waals surface area (Å²) in [5, 5.41) is 0.910. The van der Waals surface area contributed by atoms with Crippen molar-refractivity contribution in [2.45, 2.75) is 88.1 Å². The number of rotatable bonds is 3. The maximum absolute atomic E-state index is 6.02. The number of allylic oxidation sites excluding steroid dienone is 1. The second kappa shape index (κ2) is 13.9. The molecule has 5 nitrogen and oxygen atoms in total. The van der Waals surface area contributed by atoms with E-state index in [4.69, 9.17) is 9.72 Å². The first kappa shape index (κ1) is 25.8. The van der Waals surface area contributed by atoms with Crippen LogP contribution in [0.1, 0.15) is 79.7 Å². The standard InChI is InChI=1S/C17H22N4O.3C2H6/c1-5-7-13-10-22-17-15-14(9-11(3)18-17)19-12(4)20-16(15)21(13)8-6-2;3*1-2/h6,8-9,13H,5,7,10H2,1-4H3;3*1-2H3/b8-6-;;;. The third kappa shape index (κ3) is 6.18. The monoisotopic (exact) mass is 388 g/mol. The van der Waals surface area contributed by atoms with Crippen LogP contribution in [0.4, 0.5) is 5.82 Å². The molecule has 0 aliphatic carbocycles. The maximum atomic E-state index is 6.02. The van der Waals surface area contributed by atoms with E-state index in [0.717, 1.165) is 41.1 Å². The van der Waals surface area contributed by atoms with Crippen molar-refractivity contribution >= 4 is 16.7 Å². The van der Waals surface area contributed by atoms with E-state index in [9.17, 15) is 0 Å². The predicted molar refractivity (Wildman–Crippen MR) is 122 cm³/mol. The number of nitrogens with zero attached hydrogens (tertiary/aromatic N) is 4. The Morgan fingerprint density at radius 2 is 1.71 bits per heavy atom. The van der Waals surface area contributed by atoms with Crippen LogP contribution in [0.5, 0.6) is 5.88 Å². The zero-order valence-electron chi connectivity index (χ0n) is 19.6. The summed E-state index contributed by atoms with van der Waals surface area (Å²) >= 11 is 0. The molecule has 0 aromatic carbocycles. The fraction of sp³-hybridized carbons (Fsp3) is 0.609. The van der Waals surface area contributed by atoms with E-state index in [2.05, 4.69) is 28.0 Å². The van der Waals surface area contributed by atoms with Gasteiger partial charge in [-0.05, 0) is 33.3 Å². The van der Waals surface area contributed by atoms with E-state index < -0.39 is 0 Å². The first-order valence-electron chi connectivity index (χ1n) is 10.8. The lowest BCUT2D eigenvalue weighted by Gasteiger charge is -2.27. The molecule has 0 saturated heterocycles. The van der Waals surface area contributed by atoms with Gasteiger partial charge in [-0.1, -0.05) is 61.0 Å². The molecule has 2 aromatic rings. The summed E-state index contributed by atoms with van der Waals surface area (Å²) in [7, 11) is 0. The van der Waals surface area contributed by atoms with Gasteiger partial charge in [-0.25, -0.2) is 15.0 Å². The summed E-state index contributed by atoms with van der Waals surface area (Å²) in [6, 6.07) is 2.25. The van der Waals surface area contributed by atoms with Crippen LogP contribution in [0.25, 0.3) is 10.9 Å². The molecule has 1 aliphatic rings. The second-order valence-corrected chi connectivity index (χ2v) is 5.70. The maximum Gasteiger partial charge on any atom is 0.227 e. The van der Waals surface area contributed by atoms with Crippen LogP contribution in [0, 0.1) is 13.8 Å². The zero-order chi connectivity index (χ0) is 21.7. The van der Waals surface area contributed by atoms with Crippen molar-refractivity contribution in [3.8, 4) is 5.88 Å². The van der Waals surface area contributed by atoms with Gasteiger partial charge in [-0.15, -0.1) is 0 Å². The highest BCUT2D eigenvalue weighted by molar-refractivity contribution is 5.95. The summed E-state index contributed by atoms with van der Waals surface area (Å²) in [6.45, 7) is 20.7. The van der Waals surface area contributed by atoms with Gasteiger partial charge >= 0.3 is 0 Å². The van der Waals surface area contributed by atoms with Gasteiger partial charge in [-0.3, -0.25) is 0 Å². The Labute approximate surface area is 172 Å². The van der Waals surface area contributed by atoms with Crippen LogP contribution in [0.2, 0.25) is 0 Å². The molecular weight excluding hydrogens is 348 g/mol. The fourth-order valence-corrected chi connectivity index (χ4v) is 2.96. The minimum absolute atomic E-state index is 0.258. The van der Waals surface area contributed by atoms with Crippen LogP contribution in [0.15, 0.2) is 18.3 Å². The van der Waals surface area contributed by atoms with Gasteiger partial charge in [-0.2, -0.15) is 0 Å². The summed E-state index contributed by atoms with van der Waals surface area (Å²) in [6.07, 6.45) is 6.26. The van der Waals surface area contributed by atoms with E-state index >= 15 is 0 Å². The molecule has 2 aromatic heterocycles. The molecule has 0 N–H and O–H groups in total. The number of pyridine rings is 1. The van der Waals surface area contributed by atoms with Crippen LogP contribution in [-0.2, 0) is 0 Å². The highest BCUT2D eigenvalue weighted by Crippen LogP contribution is 2.36. The quantitative estimate of drug-likeness (QED) is 0.591. The lowest BCUT2D eigenvalue weighted by molar-refractivity contribution is 0.277. The van der Waals surface area contributed by atoms with E-state index in [0.29, 0.717) is 12.5 Å². The first-order chi connectivity index (χ1) is 13.6. The highest BCUT2D eigenvalue weighted by Gasteiger charge is 2.27. The molecule has 5 heteroatoms. The Balaban J connectivity index is 0.00000111. The van der Waals surface area contributed by atoms with Gasteiger partial charge in [0.05, 0.1) is 11.6 Å². The van der Waals surface area contributed by atoms with Crippen LogP contribution >= 0.6 is 0 Å². The number of aromatic nitrogens is 3. The Morgan fingerprint density at radius 1 is 1.07 bits per heavy atom. The van der Waals surface area contributed by atoms with Gasteiger partial charge in [0.15, 0.2) is 0 Å². The normalized spacial score (nSPS) is 14.6. The number of hydrogen-bond acceptors (Lipinski definition) is 5. The average molecular weight is 389 g/mol. The molecular formula is C23H40N4O. The van der Waals surface area contributed by atoms with Gasteiger partial charge in [0.25, 0.3) is 0 Å². The third-order valence-corrected chi connectivity index (χ3v) is 3.85. The SMILES string of the molecule is C/C=C\N1c2nc(C)nc3cc(C)nc(c23)OCC1CCC.CC.CC.CC. The molecule has 1 atom stereocenters. The lowest BCUT2D eigenvalue weighted by atomic mass is 10.1. The summed E-state index contributed by atoms with van der Waals surface area (Å²) in [5.74, 6) is 2.32. The van der Waals surface area contributed by atoms with Crippen molar-refractivity contribution in [3.05, 3.63) is 29.9 Å². The van der Waals surface area contributed by atoms with Crippen molar-refractivity contribution < 1.29 is 4.74 Å². The molecule has 0 spiro atoms. The van der Waals surface area contributed by atoms with E-state index in [1.54, 1.807) is 0 Å². The largest absolute Gasteiger partial charge is 0.475 e. The second-order valence-electron chi connectivity index (χ2n) is 5.70. The van der Waals surface area contributed by atoms with E-state index in [-0.39, 0.29) is 6.04 Å². The average Bonchev–Trinajstić information content (AvgIpc) is 2.85. The molecule has 158 valence electrons. The molecule has 28 heavy (non-hydrogen) atoms. The molecule has 0 fully saturated rings. The van der Waals surface area contributed by atoms with Crippen molar-refractivity contribution in [3.63, 3.8) is 0 Å². The van der Waals surface area contributed by atoms with E-state index in [1.807, 2.05) is 74.5 Å². The summed E-state index contributed by atoms with van der Waals surface area (Å²) in [4.78, 5) is 16.0. The van der Waals surface area contributed by atoms with E-state index in [1.165, 1.54) is 0 Å². The smallest absolute Gasteiger partial charge is 0.227 e. The molecule has 0 saturated carbocycles. The number of anilines is 1. The van der Waals surface area contributed by atoms with Crippen molar-refractivity contribution in [1.29, 1.82) is 0 Å². The molecule has 0 bridgehead atoms. The van der Waals surface area contributed by atoms with Gasteiger partial charge in [0, 0.05) is 11.9 Å². The Hall–Kier alpha value is -2.17. The number of hydrogen-bond donors (Lipinski definition) is 0.